The van der Waals surface area contributed by atoms with Gasteiger partial charge in [-0.05, 0) is 16.3 Å². The summed E-state index contributed by atoms with van der Waals surface area (Å²) in [6, 6.07) is 14.5. The zero-order valence-electron chi connectivity index (χ0n) is 6.63. The smallest absolute Gasteiger partial charge is 0.122 e. The first kappa shape index (κ1) is 10.8. The van der Waals surface area contributed by atoms with E-state index in [0.717, 1.165) is 0 Å². The van der Waals surface area contributed by atoms with Crippen LogP contribution in [0.2, 0.25) is 0 Å². The van der Waals surface area contributed by atoms with Crippen molar-refractivity contribution in [2.24, 2.45) is 0 Å². The van der Waals surface area contributed by atoms with Crippen molar-refractivity contribution >= 4 is 45.4 Å². The van der Waals surface area contributed by atoms with Crippen LogP contribution in [0.4, 0.5) is 0 Å². The van der Waals surface area contributed by atoms with E-state index in [-0.39, 0.29) is 23.1 Å². The molecule has 0 atom stereocenters. The van der Waals surface area contributed by atoms with Gasteiger partial charge in [-0.1, -0.05) is 42.5 Å². The number of halogens is 1. The summed E-state index contributed by atoms with van der Waals surface area (Å²) in [5.41, 5.74) is 1.20. The molecule has 0 fully saturated rings. The molecule has 0 aliphatic rings. The molecule has 2 heteroatoms. The molecule has 0 saturated heterocycles. The molecule has 0 radical (unpaired) electrons. The van der Waals surface area contributed by atoms with Gasteiger partial charge in [0, 0.05) is 5.88 Å². The molecule has 2 rings (SSSR count). The van der Waals surface area contributed by atoms with Gasteiger partial charge in [0.2, 0.25) is 0 Å². The first-order chi connectivity index (χ1) is 5.92. The van der Waals surface area contributed by atoms with E-state index >= 15 is 0 Å². The zero-order chi connectivity index (χ0) is 8.39. The number of hydrogen-bond acceptors (Lipinski definition) is 0. The molecule has 0 nitrogen and oxygen atoms in total. The van der Waals surface area contributed by atoms with Crippen LogP contribution >= 0.6 is 11.6 Å². The third kappa shape index (κ3) is 2.16. The molecule has 0 unspecified atom stereocenters. The Kier molecular flexibility index (Phi) is 4.04. The molecule has 0 aliphatic carbocycles. The van der Waals surface area contributed by atoms with Crippen LogP contribution in [0.1, 0.15) is 5.56 Å². The van der Waals surface area contributed by atoms with E-state index in [0.29, 0.717) is 5.88 Å². The summed E-state index contributed by atoms with van der Waals surface area (Å²) < 4.78 is 0. The second-order valence-electron chi connectivity index (χ2n) is 2.77. The summed E-state index contributed by atoms with van der Waals surface area (Å²) in [4.78, 5) is 0. The first-order valence-corrected chi connectivity index (χ1v) is 4.48. The minimum atomic E-state index is 0. The van der Waals surface area contributed by atoms with E-state index in [4.69, 9.17) is 11.6 Å². The molecule has 13 heavy (non-hydrogen) atoms. The monoisotopic (exact) mass is 202 g/mol. The highest BCUT2D eigenvalue weighted by Crippen LogP contribution is 2.19. The van der Waals surface area contributed by atoms with Gasteiger partial charge in [-0.3, -0.25) is 0 Å². The Bertz CT molecular complexity index is 393. The van der Waals surface area contributed by atoms with Crippen LogP contribution in [0.5, 0.6) is 0 Å². The summed E-state index contributed by atoms with van der Waals surface area (Å²) in [7, 11) is 0. The molecular formula is C11H11ClMg. The second kappa shape index (κ2) is 4.84. The highest BCUT2D eigenvalue weighted by molar-refractivity contribution is 6.18. The highest BCUT2D eigenvalue weighted by Gasteiger charge is 1.96. The van der Waals surface area contributed by atoms with Crippen LogP contribution in [0, 0.1) is 0 Å². The largest absolute Gasteiger partial charge is 0.316 e. The number of benzene rings is 2. The van der Waals surface area contributed by atoms with E-state index in [1.807, 2.05) is 18.2 Å². The average molecular weight is 203 g/mol. The highest BCUT2D eigenvalue weighted by atomic mass is 35.5. The summed E-state index contributed by atoms with van der Waals surface area (Å²) in [5.74, 6) is 0.585. The molecule has 0 N–H and O–H groups in total. The Morgan fingerprint density at radius 1 is 0.923 bits per heavy atom. The van der Waals surface area contributed by atoms with Crippen molar-refractivity contribution in [2.45, 2.75) is 5.88 Å². The van der Waals surface area contributed by atoms with Gasteiger partial charge in [-0.2, -0.15) is 0 Å². The molecule has 2 aromatic rings. The second-order valence-corrected chi connectivity index (χ2v) is 3.04. The van der Waals surface area contributed by atoms with Crippen LogP contribution in [0.25, 0.3) is 10.8 Å². The van der Waals surface area contributed by atoms with Crippen LogP contribution in [-0.2, 0) is 5.88 Å². The molecule has 2 aromatic carbocycles. The Balaban J connectivity index is 0.000000845. The van der Waals surface area contributed by atoms with Crippen molar-refractivity contribution in [3.8, 4) is 0 Å². The Labute approximate surface area is 99.1 Å². The normalized spacial score (nSPS) is 9.62. The predicted octanol–water partition coefficient (Wildman–Crippen LogP) is 2.66. The standard InChI is InChI=1S/C11H9Cl.Mg.2H/c12-8-10-6-3-5-9-4-1-2-7-11(9)10;;;/h1-7H,8H2;;;. The van der Waals surface area contributed by atoms with E-state index in [9.17, 15) is 0 Å². The lowest BCUT2D eigenvalue weighted by Gasteiger charge is -2.01. The Hall–Kier alpha value is -0.244. The SMILES string of the molecule is ClCc1cccc2ccccc12.[MgH2]. The molecule has 0 aliphatic heterocycles. The fourth-order valence-electron chi connectivity index (χ4n) is 1.41. The maximum Gasteiger partial charge on any atom is 0.316 e. The molecule has 0 aromatic heterocycles. The fourth-order valence-corrected chi connectivity index (χ4v) is 1.64. The maximum atomic E-state index is 5.81. The third-order valence-electron chi connectivity index (χ3n) is 2.02. The Morgan fingerprint density at radius 2 is 1.62 bits per heavy atom. The molecule has 0 saturated carbocycles. The molecule has 0 bridgehead atoms. The van der Waals surface area contributed by atoms with E-state index in [1.165, 1.54) is 16.3 Å². The van der Waals surface area contributed by atoms with Gasteiger partial charge in [0.25, 0.3) is 0 Å². The van der Waals surface area contributed by atoms with Gasteiger partial charge in [0.05, 0.1) is 0 Å². The lowest BCUT2D eigenvalue weighted by atomic mass is 10.1. The predicted molar refractivity (Wildman–Crippen MR) is 62.0 cm³/mol. The minimum absolute atomic E-state index is 0. The van der Waals surface area contributed by atoms with Gasteiger partial charge < -0.3 is 0 Å². The average Bonchev–Trinajstić information content (AvgIpc) is 2.17. The number of alkyl halides is 1. The third-order valence-corrected chi connectivity index (χ3v) is 2.31. The van der Waals surface area contributed by atoms with Crippen LogP contribution in [0.15, 0.2) is 42.5 Å². The van der Waals surface area contributed by atoms with Gasteiger partial charge >= 0.3 is 23.1 Å². The summed E-state index contributed by atoms with van der Waals surface area (Å²) >= 11 is 5.81. The fraction of sp³-hybridized carbons (Fsp3) is 0.0909. The molecule has 64 valence electrons. The van der Waals surface area contributed by atoms with Gasteiger partial charge in [-0.15, -0.1) is 11.6 Å². The number of hydrogen-bond donors (Lipinski definition) is 0. The number of fused-ring (bicyclic) bond motifs is 1. The zero-order valence-corrected chi connectivity index (χ0v) is 7.38. The maximum absolute atomic E-state index is 5.81. The lowest BCUT2D eigenvalue weighted by molar-refractivity contribution is 1.45. The van der Waals surface area contributed by atoms with Crippen molar-refractivity contribution in [1.82, 2.24) is 0 Å². The molecule has 0 amide bonds. The summed E-state index contributed by atoms with van der Waals surface area (Å²) in [5, 5.41) is 2.52. The van der Waals surface area contributed by atoms with Crippen molar-refractivity contribution in [1.29, 1.82) is 0 Å². The van der Waals surface area contributed by atoms with Crippen molar-refractivity contribution in [3.05, 3.63) is 48.0 Å². The molecule has 0 heterocycles. The van der Waals surface area contributed by atoms with Crippen molar-refractivity contribution in [2.75, 3.05) is 0 Å². The van der Waals surface area contributed by atoms with Crippen LogP contribution in [0.3, 0.4) is 0 Å². The Morgan fingerprint density at radius 3 is 2.38 bits per heavy atom. The summed E-state index contributed by atoms with van der Waals surface area (Å²) in [6.45, 7) is 0. The minimum Gasteiger partial charge on any atom is -0.122 e. The van der Waals surface area contributed by atoms with E-state index in [2.05, 4.69) is 24.3 Å². The quantitative estimate of drug-likeness (QED) is 0.493. The summed E-state index contributed by atoms with van der Waals surface area (Å²) in [6.07, 6.45) is 0. The van der Waals surface area contributed by atoms with E-state index in [1.54, 1.807) is 0 Å². The van der Waals surface area contributed by atoms with Gasteiger partial charge in [0.1, 0.15) is 0 Å². The van der Waals surface area contributed by atoms with Gasteiger partial charge in [0.15, 0.2) is 0 Å². The van der Waals surface area contributed by atoms with Crippen LogP contribution < -0.4 is 0 Å². The molecular weight excluding hydrogens is 192 g/mol. The van der Waals surface area contributed by atoms with Crippen LogP contribution in [-0.4, -0.2) is 23.1 Å². The first-order valence-electron chi connectivity index (χ1n) is 3.94. The van der Waals surface area contributed by atoms with Crippen molar-refractivity contribution < 1.29 is 0 Å². The molecule has 0 spiro atoms. The van der Waals surface area contributed by atoms with Crippen molar-refractivity contribution in [3.63, 3.8) is 0 Å². The van der Waals surface area contributed by atoms with Gasteiger partial charge in [-0.25, -0.2) is 0 Å². The number of rotatable bonds is 1. The topological polar surface area (TPSA) is 0 Å². The van der Waals surface area contributed by atoms with E-state index < -0.39 is 0 Å². The lowest BCUT2D eigenvalue weighted by Crippen LogP contribution is -1.79.